The number of carbonyl (C=O) groups excluding carboxylic acids is 1. The lowest BCUT2D eigenvalue weighted by atomic mass is 10.1. The second-order valence-electron chi connectivity index (χ2n) is 5.42. The van der Waals surface area contributed by atoms with Crippen LogP contribution in [-0.2, 0) is 0 Å². The van der Waals surface area contributed by atoms with E-state index in [1.54, 1.807) is 12.4 Å². The Balaban J connectivity index is 1.86. The van der Waals surface area contributed by atoms with Crippen molar-refractivity contribution in [1.82, 2.24) is 19.8 Å². The zero-order chi connectivity index (χ0) is 14.8. The standard InChI is InChI=1S/C16H20N4O/c1-3-19-6-8-20(9-7-19)16(21)14-10-13-11-17-5-4-15(13)18-12(14)2/h4-5,10-11H,3,6-9H2,1-2H3. The van der Waals surface area contributed by atoms with Crippen LogP contribution in [0.5, 0.6) is 0 Å². The van der Waals surface area contributed by atoms with Gasteiger partial charge in [-0.1, -0.05) is 6.92 Å². The summed E-state index contributed by atoms with van der Waals surface area (Å²) in [7, 11) is 0. The first-order valence-corrected chi connectivity index (χ1v) is 7.42. The summed E-state index contributed by atoms with van der Waals surface area (Å²) < 4.78 is 0. The third kappa shape index (κ3) is 2.74. The van der Waals surface area contributed by atoms with Crippen molar-refractivity contribution in [3.8, 4) is 0 Å². The molecular weight excluding hydrogens is 264 g/mol. The van der Waals surface area contributed by atoms with Crippen molar-refractivity contribution >= 4 is 16.8 Å². The molecule has 3 rings (SSSR count). The molecule has 1 saturated heterocycles. The van der Waals surface area contributed by atoms with Crippen LogP contribution in [-0.4, -0.2) is 58.4 Å². The van der Waals surface area contributed by atoms with E-state index in [-0.39, 0.29) is 5.91 Å². The fourth-order valence-electron chi connectivity index (χ4n) is 2.77. The van der Waals surface area contributed by atoms with Crippen LogP contribution in [0.2, 0.25) is 0 Å². The SMILES string of the molecule is CCN1CCN(C(=O)c2cc3cnccc3nc2C)CC1. The largest absolute Gasteiger partial charge is 0.336 e. The molecule has 1 amide bonds. The number of rotatable bonds is 2. The lowest BCUT2D eigenvalue weighted by Gasteiger charge is -2.34. The first-order chi connectivity index (χ1) is 10.2. The van der Waals surface area contributed by atoms with E-state index < -0.39 is 0 Å². The van der Waals surface area contributed by atoms with E-state index in [1.165, 1.54) is 0 Å². The number of aromatic nitrogens is 2. The molecule has 5 nitrogen and oxygen atoms in total. The number of aryl methyl sites for hydroxylation is 1. The van der Waals surface area contributed by atoms with Crippen LogP contribution in [0, 0.1) is 6.92 Å². The smallest absolute Gasteiger partial charge is 0.255 e. The van der Waals surface area contributed by atoms with Gasteiger partial charge >= 0.3 is 0 Å². The van der Waals surface area contributed by atoms with Crippen molar-refractivity contribution in [3.05, 3.63) is 35.8 Å². The average molecular weight is 284 g/mol. The van der Waals surface area contributed by atoms with Gasteiger partial charge in [-0.15, -0.1) is 0 Å². The first-order valence-electron chi connectivity index (χ1n) is 7.42. The summed E-state index contributed by atoms with van der Waals surface area (Å²) in [4.78, 5) is 25.6. The van der Waals surface area contributed by atoms with Gasteiger partial charge in [0.1, 0.15) is 0 Å². The monoisotopic (exact) mass is 284 g/mol. The molecule has 5 heteroatoms. The summed E-state index contributed by atoms with van der Waals surface area (Å²) in [6.07, 6.45) is 3.48. The van der Waals surface area contributed by atoms with E-state index >= 15 is 0 Å². The number of amides is 1. The molecule has 2 aromatic rings. The molecule has 0 aromatic carbocycles. The van der Waals surface area contributed by atoms with Gasteiger partial charge in [-0.25, -0.2) is 0 Å². The minimum absolute atomic E-state index is 0.0847. The third-order valence-corrected chi connectivity index (χ3v) is 4.14. The number of fused-ring (bicyclic) bond motifs is 1. The Morgan fingerprint density at radius 1 is 1.29 bits per heavy atom. The molecule has 3 heterocycles. The van der Waals surface area contributed by atoms with Crippen LogP contribution >= 0.6 is 0 Å². The highest BCUT2D eigenvalue weighted by molar-refractivity contribution is 5.98. The summed E-state index contributed by atoms with van der Waals surface area (Å²) in [5, 5.41) is 0.915. The number of hydrogen-bond acceptors (Lipinski definition) is 4. The molecule has 0 bridgehead atoms. The Bertz CT molecular complexity index is 662. The van der Waals surface area contributed by atoms with Crippen molar-refractivity contribution in [2.45, 2.75) is 13.8 Å². The van der Waals surface area contributed by atoms with Crippen molar-refractivity contribution in [2.75, 3.05) is 32.7 Å². The lowest BCUT2D eigenvalue weighted by molar-refractivity contribution is 0.0642. The van der Waals surface area contributed by atoms with E-state index in [0.29, 0.717) is 5.56 Å². The summed E-state index contributed by atoms with van der Waals surface area (Å²) in [6.45, 7) is 8.57. The Kier molecular flexibility index (Phi) is 3.84. The summed E-state index contributed by atoms with van der Waals surface area (Å²) >= 11 is 0. The van der Waals surface area contributed by atoms with E-state index in [1.807, 2.05) is 24.0 Å². The lowest BCUT2D eigenvalue weighted by Crippen LogP contribution is -2.48. The van der Waals surface area contributed by atoms with Crippen molar-refractivity contribution in [1.29, 1.82) is 0 Å². The quantitative estimate of drug-likeness (QED) is 0.842. The van der Waals surface area contributed by atoms with Crippen LogP contribution in [0.4, 0.5) is 0 Å². The fraction of sp³-hybridized carbons (Fsp3) is 0.438. The molecule has 0 atom stereocenters. The molecule has 1 aliphatic rings. The Labute approximate surface area is 124 Å². The van der Waals surface area contributed by atoms with E-state index in [0.717, 1.165) is 49.3 Å². The maximum atomic E-state index is 12.7. The zero-order valence-electron chi connectivity index (χ0n) is 12.5. The number of pyridine rings is 2. The Morgan fingerprint density at radius 2 is 2.05 bits per heavy atom. The highest BCUT2D eigenvalue weighted by atomic mass is 16.2. The van der Waals surface area contributed by atoms with Crippen molar-refractivity contribution < 1.29 is 4.79 Å². The van der Waals surface area contributed by atoms with Gasteiger partial charge in [-0.05, 0) is 25.6 Å². The van der Waals surface area contributed by atoms with Crippen molar-refractivity contribution in [3.63, 3.8) is 0 Å². The van der Waals surface area contributed by atoms with Gasteiger partial charge in [-0.2, -0.15) is 0 Å². The molecule has 0 N–H and O–H groups in total. The molecule has 0 aliphatic carbocycles. The van der Waals surface area contributed by atoms with Crippen LogP contribution in [0.25, 0.3) is 10.9 Å². The predicted octanol–water partition coefficient (Wildman–Crippen LogP) is 1.72. The molecular formula is C16H20N4O. The van der Waals surface area contributed by atoms with Crippen LogP contribution in [0.3, 0.4) is 0 Å². The predicted molar refractivity (Wildman–Crippen MR) is 82.3 cm³/mol. The minimum atomic E-state index is 0.0847. The third-order valence-electron chi connectivity index (χ3n) is 4.14. The molecule has 2 aromatic heterocycles. The second kappa shape index (κ2) is 5.77. The molecule has 0 radical (unpaired) electrons. The topological polar surface area (TPSA) is 49.3 Å². The van der Waals surface area contributed by atoms with Gasteiger partial charge in [0.2, 0.25) is 0 Å². The molecule has 21 heavy (non-hydrogen) atoms. The minimum Gasteiger partial charge on any atom is -0.336 e. The highest BCUT2D eigenvalue weighted by Crippen LogP contribution is 2.17. The number of likely N-dealkylation sites (N-methyl/N-ethyl adjacent to an activating group) is 1. The van der Waals surface area contributed by atoms with E-state index in [9.17, 15) is 4.79 Å². The van der Waals surface area contributed by atoms with Gasteiger partial charge in [0, 0.05) is 44.0 Å². The number of piperazine rings is 1. The van der Waals surface area contributed by atoms with Gasteiger partial charge < -0.3 is 9.80 Å². The van der Waals surface area contributed by atoms with Crippen LogP contribution < -0.4 is 0 Å². The number of carbonyl (C=O) groups is 1. The Morgan fingerprint density at radius 3 is 2.76 bits per heavy atom. The maximum absolute atomic E-state index is 12.7. The Hall–Kier alpha value is -2.01. The van der Waals surface area contributed by atoms with Gasteiger partial charge in [0.25, 0.3) is 5.91 Å². The number of hydrogen-bond donors (Lipinski definition) is 0. The second-order valence-corrected chi connectivity index (χ2v) is 5.42. The van der Waals surface area contributed by atoms with Crippen LogP contribution in [0.15, 0.2) is 24.5 Å². The summed E-state index contributed by atoms with van der Waals surface area (Å²) in [5.74, 6) is 0.0847. The molecule has 1 aliphatic heterocycles. The maximum Gasteiger partial charge on any atom is 0.255 e. The molecule has 110 valence electrons. The molecule has 1 fully saturated rings. The van der Waals surface area contributed by atoms with E-state index in [2.05, 4.69) is 21.8 Å². The van der Waals surface area contributed by atoms with Crippen molar-refractivity contribution in [2.24, 2.45) is 0 Å². The molecule has 0 spiro atoms. The van der Waals surface area contributed by atoms with Gasteiger partial charge in [-0.3, -0.25) is 14.8 Å². The van der Waals surface area contributed by atoms with Gasteiger partial charge in [0.15, 0.2) is 0 Å². The zero-order valence-corrected chi connectivity index (χ0v) is 12.5. The molecule has 0 unspecified atom stereocenters. The first kappa shape index (κ1) is 13.9. The average Bonchev–Trinajstić information content (AvgIpc) is 2.53. The van der Waals surface area contributed by atoms with Gasteiger partial charge in [0.05, 0.1) is 16.8 Å². The molecule has 0 saturated carbocycles. The fourth-order valence-corrected chi connectivity index (χ4v) is 2.77. The normalized spacial score (nSPS) is 16.4. The van der Waals surface area contributed by atoms with Crippen LogP contribution in [0.1, 0.15) is 23.0 Å². The van der Waals surface area contributed by atoms with E-state index in [4.69, 9.17) is 0 Å². The summed E-state index contributed by atoms with van der Waals surface area (Å²) in [6, 6.07) is 3.79. The number of nitrogens with zero attached hydrogens (tertiary/aromatic N) is 4. The summed E-state index contributed by atoms with van der Waals surface area (Å²) in [5.41, 5.74) is 2.37. The highest BCUT2D eigenvalue weighted by Gasteiger charge is 2.23.